The fourth-order valence-corrected chi connectivity index (χ4v) is 5.89. The van der Waals surface area contributed by atoms with Gasteiger partial charge in [-0.05, 0) is 44.1 Å². The van der Waals surface area contributed by atoms with Crippen LogP contribution >= 0.6 is 11.3 Å². The largest absolute Gasteiger partial charge is 0.481 e. The molecule has 6 nitrogen and oxygen atoms in total. The second kappa shape index (κ2) is 11.5. The number of amides is 1. The molecule has 0 spiro atoms. The SMILES string of the molecule is COC(=O)c1c(NC(=O)C2CC=CCC2C(=O)O)sc2c1CCCCCCCCCC2. The molecular formula is C24H33NO5S. The Morgan fingerprint density at radius 3 is 2.13 bits per heavy atom. The number of aryl methyl sites for hydroxylation is 1. The van der Waals surface area contributed by atoms with Crippen LogP contribution in [0.3, 0.4) is 0 Å². The van der Waals surface area contributed by atoms with E-state index in [1.54, 1.807) is 0 Å². The molecule has 0 aliphatic heterocycles. The van der Waals surface area contributed by atoms with E-state index in [1.807, 2.05) is 12.2 Å². The Balaban J connectivity index is 1.88. The number of esters is 1. The molecule has 0 aromatic carbocycles. The lowest BCUT2D eigenvalue weighted by molar-refractivity contribution is -0.146. The Labute approximate surface area is 188 Å². The predicted molar refractivity (Wildman–Crippen MR) is 122 cm³/mol. The topological polar surface area (TPSA) is 92.7 Å². The van der Waals surface area contributed by atoms with Gasteiger partial charge in [-0.2, -0.15) is 0 Å². The molecule has 1 aromatic heterocycles. The van der Waals surface area contributed by atoms with Crippen molar-refractivity contribution in [2.24, 2.45) is 11.8 Å². The predicted octanol–water partition coefficient (Wildman–Crippen LogP) is 5.36. The van der Waals surface area contributed by atoms with Crippen molar-refractivity contribution in [3.05, 3.63) is 28.2 Å². The molecule has 0 radical (unpaired) electrons. The number of nitrogens with one attached hydrogen (secondary N) is 1. The normalized spacial score (nSPS) is 22.5. The van der Waals surface area contributed by atoms with Gasteiger partial charge in [-0.1, -0.05) is 50.7 Å². The smallest absolute Gasteiger partial charge is 0.341 e. The third-order valence-corrected chi connectivity index (χ3v) is 7.59. The van der Waals surface area contributed by atoms with Crippen LogP contribution < -0.4 is 5.32 Å². The molecule has 0 saturated heterocycles. The number of rotatable bonds is 4. The van der Waals surface area contributed by atoms with E-state index in [2.05, 4.69) is 5.32 Å². The molecule has 2 N–H and O–H groups in total. The molecule has 2 unspecified atom stereocenters. The Morgan fingerprint density at radius 1 is 0.935 bits per heavy atom. The van der Waals surface area contributed by atoms with E-state index in [-0.39, 0.29) is 5.91 Å². The Hall–Kier alpha value is -2.15. The number of thiophene rings is 1. The highest BCUT2D eigenvalue weighted by molar-refractivity contribution is 7.17. The number of allylic oxidation sites excluding steroid dienone is 2. The molecule has 2 aliphatic rings. The first-order valence-electron chi connectivity index (χ1n) is 11.4. The minimum atomic E-state index is -0.962. The van der Waals surface area contributed by atoms with E-state index in [1.165, 1.54) is 50.6 Å². The molecule has 0 fully saturated rings. The number of anilines is 1. The van der Waals surface area contributed by atoms with Crippen LogP contribution in [-0.4, -0.2) is 30.1 Å². The van der Waals surface area contributed by atoms with Gasteiger partial charge in [-0.15, -0.1) is 11.3 Å². The van der Waals surface area contributed by atoms with Gasteiger partial charge in [0.2, 0.25) is 5.91 Å². The zero-order valence-corrected chi connectivity index (χ0v) is 19.1. The van der Waals surface area contributed by atoms with Gasteiger partial charge in [-0.25, -0.2) is 4.79 Å². The first kappa shape index (κ1) is 23.5. The Kier molecular flexibility index (Phi) is 8.69. The van der Waals surface area contributed by atoms with Crippen LogP contribution in [0.5, 0.6) is 0 Å². The maximum absolute atomic E-state index is 13.0. The number of carboxylic acid groups (broad SMARTS) is 1. The van der Waals surface area contributed by atoms with E-state index in [0.717, 1.165) is 42.5 Å². The van der Waals surface area contributed by atoms with Crippen molar-refractivity contribution in [2.45, 2.75) is 77.0 Å². The highest BCUT2D eigenvalue weighted by atomic mass is 32.1. The maximum atomic E-state index is 13.0. The number of carboxylic acids is 1. The standard InChI is InChI=1S/C24H33NO5S/c1-30-24(29)20-18-14-8-6-4-2-3-5-7-9-15-19(18)31-22(20)25-21(26)16-12-10-11-13-17(16)23(27)28/h10-11,16-17H,2-9,12-15H2,1H3,(H,25,26)(H,27,28). The number of hydrogen-bond donors (Lipinski definition) is 2. The molecule has 3 rings (SSSR count). The summed E-state index contributed by atoms with van der Waals surface area (Å²) in [5.74, 6) is -3.11. The molecule has 2 aliphatic carbocycles. The number of fused-ring (bicyclic) bond motifs is 1. The molecule has 7 heteroatoms. The number of aliphatic carboxylic acids is 1. The first-order chi connectivity index (χ1) is 15.0. The quantitative estimate of drug-likeness (QED) is 0.479. The molecule has 2 atom stereocenters. The van der Waals surface area contributed by atoms with Gasteiger partial charge in [0.1, 0.15) is 5.00 Å². The fraction of sp³-hybridized carbons (Fsp3) is 0.625. The highest BCUT2D eigenvalue weighted by Gasteiger charge is 2.35. The lowest BCUT2D eigenvalue weighted by Gasteiger charge is -2.24. The van der Waals surface area contributed by atoms with E-state index in [0.29, 0.717) is 23.4 Å². The average molecular weight is 448 g/mol. The van der Waals surface area contributed by atoms with Gasteiger partial charge >= 0.3 is 11.9 Å². The van der Waals surface area contributed by atoms with E-state index in [4.69, 9.17) is 4.74 Å². The van der Waals surface area contributed by atoms with Crippen molar-refractivity contribution in [3.63, 3.8) is 0 Å². The van der Waals surface area contributed by atoms with Crippen molar-refractivity contribution in [3.8, 4) is 0 Å². The minimum Gasteiger partial charge on any atom is -0.481 e. The summed E-state index contributed by atoms with van der Waals surface area (Å²) in [6.07, 6.45) is 15.5. The zero-order valence-electron chi connectivity index (χ0n) is 18.3. The zero-order chi connectivity index (χ0) is 22.2. The molecule has 1 heterocycles. The highest BCUT2D eigenvalue weighted by Crippen LogP contribution is 2.38. The minimum absolute atomic E-state index is 0.334. The van der Waals surface area contributed by atoms with Gasteiger partial charge in [-0.3, -0.25) is 9.59 Å². The number of carbonyl (C=O) groups is 3. The number of hydrogen-bond acceptors (Lipinski definition) is 5. The summed E-state index contributed by atoms with van der Waals surface area (Å²) < 4.78 is 5.07. The monoisotopic (exact) mass is 447 g/mol. The lowest BCUT2D eigenvalue weighted by Crippen LogP contribution is -2.34. The molecule has 0 saturated carbocycles. The number of methoxy groups -OCH3 is 1. The van der Waals surface area contributed by atoms with Crippen molar-refractivity contribution in [1.29, 1.82) is 0 Å². The summed E-state index contributed by atoms with van der Waals surface area (Å²) in [6, 6.07) is 0. The van der Waals surface area contributed by atoms with Gasteiger partial charge in [0.25, 0.3) is 0 Å². The molecule has 1 amide bonds. The molecular weight excluding hydrogens is 414 g/mol. The van der Waals surface area contributed by atoms with Crippen molar-refractivity contribution in [1.82, 2.24) is 0 Å². The molecule has 170 valence electrons. The molecule has 0 bridgehead atoms. The second-order valence-corrected chi connectivity index (χ2v) is 9.62. The van der Waals surface area contributed by atoms with Crippen LogP contribution in [0.2, 0.25) is 0 Å². The van der Waals surface area contributed by atoms with E-state index in [9.17, 15) is 19.5 Å². The first-order valence-corrected chi connectivity index (χ1v) is 12.3. The molecule has 31 heavy (non-hydrogen) atoms. The van der Waals surface area contributed by atoms with Gasteiger partial charge < -0.3 is 15.2 Å². The summed E-state index contributed by atoms with van der Waals surface area (Å²) in [4.78, 5) is 38.5. The summed E-state index contributed by atoms with van der Waals surface area (Å²) in [7, 11) is 1.36. The lowest BCUT2D eigenvalue weighted by atomic mass is 9.82. The van der Waals surface area contributed by atoms with E-state index < -0.39 is 23.8 Å². The molecule has 1 aromatic rings. The van der Waals surface area contributed by atoms with Crippen LogP contribution in [0, 0.1) is 11.8 Å². The van der Waals surface area contributed by atoms with Gasteiger partial charge in [0.15, 0.2) is 0 Å². The van der Waals surface area contributed by atoms with Gasteiger partial charge in [0, 0.05) is 4.88 Å². The number of carbonyl (C=O) groups excluding carboxylic acids is 2. The average Bonchev–Trinajstić information content (AvgIpc) is 3.09. The Bertz CT molecular complexity index is 828. The van der Waals surface area contributed by atoms with Crippen LogP contribution in [0.15, 0.2) is 12.2 Å². The van der Waals surface area contributed by atoms with Crippen LogP contribution in [-0.2, 0) is 27.2 Å². The summed E-state index contributed by atoms with van der Waals surface area (Å²) in [5, 5.41) is 12.9. The van der Waals surface area contributed by atoms with Crippen LogP contribution in [0.1, 0.15) is 85.0 Å². The van der Waals surface area contributed by atoms with Crippen LogP contribution in [0.25, 0.3) is 0 Å². The third kappa shape index (κ3) is 5.97. The summed E-state index contributed by atoms with van der Waals surface area (Å²) >= 11 is 1.46. The van der Waals surface area contributed by atoms with E-state index >= 15 is 0 Å². The fourth-order valence-electron chi connectivity index (χ4n) is 4.61. The van der Waals surface area contributed by atoms with Crippen molar-refractivity contribution < 1.29 is 24.2 Å². The summed E-state index contributed by atoms with van der Waals surface area (Å²) in [6.45, 7) is 0. The summed E-state index contributed by atoms with van der Waals surface area (Å²) in [5.41, 5.74) is 1.47. The van der Waals surface area contributed by atoms with Crippen LogP contribution in [0.4, 0.5) is 5.00 Å². The third-order valence-electron chi connectivity index (χ3n) is 6.38. The van der Waals surface area contributed by atoms with Crippen molar-refractivity contribution in [2.75, 3.05) is 12.4 Å². The Morgan fingerprint density at radius 2 is 1.52 bits per heavy atom. The second-order valence-electron chi connectivity index (χ2n) is 8.51. The number of ether oxygens (including phenoxy) is 1. The van der Waals surface area contributed by atoms with Gasteiger partial charge in [0.05, 0.1) is 24.5 Å². The van der Waals surface area contributed by atoms with Crippen molar-refractivity contribution >= 4 is 34.2 Å². The maximum Gasteiger partial charge on any atom is 0.341 e.